The van der Waals surface area contributed by atoms with Gasteiger partial charge in [0.15, 0.2) is 11.5 Å². The Morgan fingerprint density at radius 2 is 1.84 bits per heavy atom. The Hall–Kier alpha value is -2.54. The Bertz CT molecular complexity index is 892. The van der Waals surface area contributed by atoms with Crippen molar-refractivity contribution in [3.63, 3.8) is 0 Å². The summed E-state index contributed by atoms with van der Waals surface area (Å²) in [7, 11) is 0. The maximum Gasteiger partial charge on any atom is 0.226 e. The lowest BCUT2D eigenvalue weighted by atomic mass is 9.87. The van der Waals surface area contributed by atoms with Crippen LogP contribution in [-0.4, -0.2) is 48.5 Å². The third-order valence-corrected chi connectivity index (χ3v) is 6.33. The highest BCUT2D eigenvalue weighted by Crippen LogP contribution is 2.37. The number of fused-ring (bicyclic) bond motifs is 1. The van der Waals surface area contributed by atoms with E-state index in [1.54, 1.807) is 0 Å². The number of ether oxygens (including phenoxy) is 4. The molecular formula is C24H31N3O4. The molecule has 1 N–H and O–H groups in total. The van der Waals surface area contributed by atoms with Crippen LogP contribution >= 0.6 is 0 Å². The van der Waals surface area contributed by atoms with Crippen molar-refractivity contribution in [2.75, 3.05) is 31.7 Å². The zero-order valence-electron chi connectivity index (χ0n) is 18.1. The second-order valence-corrected chi connectivity index (χ2v) is 8.83. The lowest BCUT2D eigenvalue weighted by Crippen LogP contribution is -2.26. The summed E-state index contributed by atoms with van der Waals surface area (Å²) in [5, 5.41) is 3.53. The zero-order chi connectivity index (χ0) is 21.0. The van der Waals surface area contributed by atoms with E-state index >= 15 is 0 Å². The molecule has 0 amide bonds. The van der Waals surface area contributed by atoms with E-state index in [0.717, 1.165) is 60.8 Å². The predicted molar refractivity (Wildman–Crippen MR) is 118 cm³/mol. The fraction of sp³-hybridized carbons (Fsp3) is 0.583. The Morgan fingerprint density at radius 3 is 2.65 bits per heavy atom. The van der Waals surface area contributed by atoms with Crippen molar-refractivity contribution in [2.24, 2.45) is 5.92 Å². The van der Waals surface area contributed by atoms with E-state index in [1.807, 2.05) is 24.4 Å². The van der Waals surface area contributed by atoms with Gasteiger partial charge in [-0.25, -0.2) is 4.98 Å². The van der Waals surface area contributed by atoms with Crippen molar-refractivity contribution in [3.8, 4) is 28.5 Å². The van der Waals surface area contributed by atoms with E-state index < -0.39 is 0 Å². The molecule has 7 nitrogen and oxygen atoms in total. The molecule has 2 aromatic rings. The van der Waals surface area contributed by atoms with Crippen molar-refractivity contribution in [2.45, 2.75) is 57.6 Å². The summed E-state index contributed by atoms with van der Waals surface area (Å²) in [4.78, 5) is 9.41. The van der Waals surface area contributed by atoms with Gasteiger partial charge in [0, 0.05) is 25.1 Å². The molecule has 3 aliphatic rings. The minimum absolute atomic E-state index is 0.0115. The molecule has 1 aromatic heterocycles. The van der Waals surface area contributed by atoms with Crippen LogP contribution in [0.4, 0.5) is 5.95 Å². The molecule has 1 saturated heterocycles. The van der Waals surface area contributed by atoms with Gasteiger partial charge in [-0.2, -0.15) is 4.98 Å². The summed E-state index contributed by atoms with van der Waals surface area (Å²) < 4.78 is 23.4. The largest absolute Gasteiger partial charge is 0.490 e. The summed E-state index contributed by atoms with van der Waals surface area (Å²) in [6, 6.07) is 6.38. The monoisotopic (exact) mass is 425 g/mol. The number of anilines is 1. The highest BCUT2D eigenvalue weighted by Gasteiger charge is 2.23. The summed E-state index contributed by atoms with van der Waals surface area (Å²) in [6.07, 6.45) is 8.41. The molecule has 0 spiro atoms. The molecule has 31 heavy (non-hydrogen) atoms. The van der Waals surface area contributed by atoms with Gasteiger partial charge in [0.25, 0.3) is 0 Å². The Balaban J connectivity index is 1.42. The first-order valence-electron chi connectivity index (χ1n) is 11.5. The Kier molecular flexibility index (Phi) is 6.11. The minimum atomic E-state index is 0.0115. The van der Waals surface area contributed by atoms with Crippen LogP contribution in [0.25, 0.3) is 11.1 Å². The van der Waals surface area contributed by atoms with Gasteiger partial charge in [-0.15, -0.1) is 0 Å². The number of rotatable bonds is 5. The summed E-state index contributed by atoms with van der Waals surface area (Å²) in [5.74, 6) is 3.56. The Labute approximate surface area is 183 Å². The molecule has 0 bridgehead atoms. The fourth-order valence-electron chi connectivity index (χ4n) is 4.41. The van der Waals surface area contributed by atoms with Crippen LogP contribution in [0.15, 0.2) is 24.4 Å². The van der Waals surface area contributed by atoms with E-state index in [1.165, 1.54) is 12.8 Å². The number of hydrogen-bond acceptors (Lipinski definition) is 7. The third-order valence-electron chi connectivity index (χ3n) is 6.33. The van der Waals surface area contributed by atoms with Crippen molar-refractivity contribution in [1.82, 2.24) is 9.97 Å². The average Bonchev–Trinajstić information content (AvgIpc) is 3.18. The van der Waals surface area contributed by atoms with Gasteiger partial charge in [0.1, 0.15) is 6.10 Å². The average molecular weight is 426 g/mol. The second kappa shape index (κ2) is 9.30. The Morgan fingerprint density at radius 1 is 1.00 bits per heavy atom. The van der Waals surface area contributed by atoms with Gasteiger partial charge in [-0.3, -0.25) is 0 Å². The van der Waals surface area contributed by atoms with Crippen LogP contribution in [0.1, 0.15) is 45.4 Å². The van der Waals surface area contributed by atoms with Crippen molar-refractivity contribution in [3.05, 3.63) is 24.4 Å². The maximum atomic E-state index is 6.29. The molecule has 2 aliphatic heterocycles. The van der Waals surface area contributed by atoms with Crippen molar-refractivity contribution < 1.29 is 18.9 Å². The zero-order valence-corrected chi connectivity index (χ0v) is 18.1. The molecular weight excluding hydrogens is 394 g/mol. The molecule has 1 atom stereocenters. The first-order chi connectivity index (χ1) is 15.2. The van der Waals surface area contributed by atoms with Crippen LogP contribution in [0, 0.1) is 5.92 Å². The van der Waals surface area contributed by atoms with Crippen LogP contribution in [-0.2, 0) is 4.74 Å². The lowest BCUT2D eigenvalue weighted by molar-refractivity contribution is 0.138. The van der Waals surface area contributed by atoms with E-state index in [-0.39, 0.29) is 6.10 Å². The quantitative estimate of drug-likeness (QED) is 0.758. The molecule has 7 heteroatoms. The van der Waals surface area contributed by atoms with Crippen molar-refractivity contribution >= 4 is 5.95 Å². The number of hydrogen-bond donors (Lipinski definition) is 1. The highest BCUT2D eigenvalue weighted by atomic mass is 16.6. The lowest BCUT2D eigenvalue weighted by Gasteiger charge is -2.27. The maximum absolute atomic E-state index is 6.29. The summed E-state index contributed by atoms with van der Waals surface area (Å²) in [6.45, 7) is 4.96. The van der Waals surface area contributed by atoms with E-state index in [0.29, 0.717) is 37.7 Å². The minimum Gasteiger partial charge on any atom is -0.490 e. The van der Waals surface area contributed by atoms with Crippen LogP contribution in [0.5, 0.6) is 17.4 Å². The molecule has 166 valence electrons. The van der Waals surface area contributed by atoms with E-state index in [9.17, 15) is 0 Å². The number of nitrogens with zero attached hydrogens (tertiary/aromatic N) is 2. The molecule has 3 heterocycles. The number of nitrogens with one attached hydrogen (secondary N) is 1. The van der Waals surface area contributed by atoms with Crippen LogP contribution < -0.4 is 19.5 Å². The molecule has 0 unspecified atom stereocenters. The van der Waals surface area contributed by atoms with E-state index in [4.69, 9.17) is 23.9 Å². The third kappa shape index (κ3) is 4.87. The van der Waals surface area contributed by atoms with Gasteiger partial charge in [0.2, 0.25) is 11.8 Å². The standard InChI is InChI=1S/C24H31N3O4/c1-16-3-6-18(7-4-16)26-24-25-14-20(23(27-24)31-19-9-12-28-15-19)17-5-8-21-22(13-17)30-11-2-10-29-21/h5,8,13-14,16,18-19H,2-4,6-7,9-12,15H2,1H3,(H,25,26,27)/t16-,18-,19-/m1/s1. The SMILES string of the molecule is C[C@H]1CC[C@H](Nc2ncc(-c3ccc4c(c3)OCCCO4)c(O[C@@H]3CCOC3)n2)CC1. The molecule has 1 aliphatic carbocycles. The first kappa shape index (κ1) is 20.4. The molecule has 1 aromatic carbocycles. The number of aromatic nitrogens is 2. The van der Waals surface area contributed by atoms with Crippen molar-refractivity contribution in [1.29, 1.82) is 0 Å². The topological polar surface area (TPSA) is 74.7 Å². The molecule has 0 radical (unpaired) electrons. The van der Waals surface area contributed by atoms with Crippen LogP contribution in [0.3, 0.4) is 0 Å². The molecule has 2 fully saturated rings. The highest BCUT2D eigenvalue weighted by molar-refractivity contribution is 5.71. The van der Waals surface area contributed by atoms with Gasteiger partial charge >= 0.3 is 0 Å². The van der Waals surface area contributed by atoms with Crippen LogP contribution in [0.2, 0.25) is 0 Å². The van der Waals surface area contributed by atoms with Gasteiger partial charge in [-0.1, -0.05) is 13.0 Å². The van der Waals surface area contributed by atoms with Gasteiger partial charge in [-0.05, 0) is 49.3 Å². The summed E-state index contributed by atoms with van der Waals surface area (Å²) >= 11 is 0. The summed E-state index contributed by atoms with van der Waals surface area (Å²) in [5.41, 5.74) is 1.81. The first-order valence-corrected chi connectivity index (χ1v) is 11.5. The molecule has 5 rings (SSSR count). The van der Waals surface area contributed by atoms with Gasteiger partial charge in [0.05, 0.1) is 32.0 Å². The normalized spacial score (nSPS) is 25.6. The second-order valence-electron chi connectivity index (χ2n) is 8.83. The van der Waals surface area contributed by atoms with Gasteiger partial charge < -0.3 is 24.3 Å². The predicted octanol–water partition coefficient (Wildman–Crippen LogP) is 4.46. The number of benzene rings is 1. The molecule has 1 saturated carbocycles. The fourth-order valence-corrected chi connectivity index (χ4v) is 4.41. The smallest absolute Gasteiger partial charge is 0.226 e. The van der Waals surface area contributed by atoms with E-state index in [2.05, 4.69) is 17.2 Å².